The van der Waals surface area contributed by atoms with Gasteiger partial charge in [-0.2, -0.15) is 5.10 Å². The Hall–Kier alpha value is -1.95. The van der Waals surface area contributed by atoms with Gasteiger partial charge in [0.15, 0.2) is 5.65 Å². The third-order valence-electron chi connectivity index (χ3n) is 3.31. The number of hydrogen-bond acceptors (Lipinski definition) is 4. The molecule has 108 valence electrons. The summed E-state index contributed by atoms with van der Waals surface area (Å²) in [7, 11) is 0. The van der Waals surface area contributed by atoms with Crippen molar-refractivity contribution in [1.29, 1.82) is 0 Å². The van der Waals surface area contributed by atoms with E-state index < -0.39 is 5.41 Å². The van der Waals surface area contributed by atoms with Gasteiger partial charge in [0.1, 0.15) is 0 Å². The molecule has 0 aliphatic heterocycles. The van der Waals surface area contributed by atoms with Crippen LogP contribution in [0.3, 0.4) is 0 Å². The van der Waals surface area contributed by atoms with Crippen molar-refractivity contribution in [1.82, 2.24) is 14.8 Å². The standard InChI is InChI=1S/C14H21N5O/c1-9(2)19-12-10(6-17-19)5-11(7-16-12)18-13(20)14(3,4)8-15/h5-7,9H,8,15H2,1-4H3,(H,18,20). The molecule has 0 aliphatic rings. The molecule has 6 nitrogen and oxygen atoms in total. The number of fused-ring (bicyclic) bond motifs is 1. The molecule has 0 atom stereocenters. The van der Waals surface area contributed by atoms with Crippen LogP contribution in [0.15, 0.2) is 18.5 Å². The second-order valence-electron chi connectivity index (χ2n) is 5.86. The van der Waals surface area contributed by atoms with Crippen LogP contribution >= 0.6 is 0 Å². The van der Waals surface area contributed by atoms with Crippen molar-refractivity contribution in [2.24, 2.45) is 11.1 Å². The predicted octanol–water partition coefficient (Wildman–Crippen LogP) is 1.94. The monoisotopic (exact) mass is 275 g/mol. The van der Waals surface area contributed by atoms with Gasteiger partial charge in [0, 0.05) is 18.0 Å². The molecule has 0 unspecified atom stereocenters. The summed E-state index contributed by atoms with van der Waals surface area (Å²) in [5.41, 5.74) is 6.47. The fraction of sp³-hybridized carbons (Fsp3) is 0.500. The molecule has 0 radical (unpaired) electrons. The van der Waals surface area contributed by atoms with Gasteiger partial charge in [-0.15, -0.1) is 0 Å². The quantitative estimate of drug-likeness (QED) is 0.892. The first-order valence-electron chi connectivity index (χ1n) is 6.70. The SMILES string of the molecule is CC(C)n1ncc2cc(NC(=O)C(C)(C)CN)cnc21. The summed E-state index contributed by atoms with van der Waals surface area (Å²) in [4.78, 5) is 16.5. The van der Waals surface area contributed by atoms with E-state index in [1.54, 1.807) is 12.4 Å². The molecule has 2 heterocycles. The van der Waals surface area contributed by atoms with Crippen molar-refractivity contribution in [2.75, 3.05) is 11.9 Å². The van der Waals surface area contributed by atoms with Gasteiger partial charge >= 0.3 is 0 Å². The first-order chi connectivity index (χ1) is 9.35. The Morgan fingerprint density at radius 1 is 1.45 bits per heavy atom. The summed E-state index contributed by atoms with van der Waals surface area (Å²) in [6, 6.07) is 2.12. The van der Waals surface area contributed by atoms with Gasteiger partial charge in [0.25, 0.3) is 0 Å². The Balaban J connectivity index is 2.27. The van der Waals surface area contributed by atoms with E-state index in [2.05, 4.69) is 15.4 Å². The zero-order valence-corrected chi connectivity index (χ0v) is 12.3. The smallest absolute Gasteiger partial charge is 0.231 e. The van der Waals surface area contributed by atoms with Gasteiger partial charge in [-0.1, -0.05) is 0 Å². The van der Waals surface area contributed by atoms with Crippen LogP contribution in [0.5, 0.6) is 0 Å². The van der Waals surface area contributed by atoms with Crippen LogP contribution in [-0.4, -0.2) is 27.2 Å². The van der Waals surface area contributed by atoms with Gasteiger partial charge in [-0.3, -0.25) is 4.79 Å². The van der Waals surface area contributed by atoms with Crippen LogP contribution in [0.2, 0.25) is 0 Å². The Kier molecular flexibility index (Phi) is 3.76. The number of anilines is 1. The van der Waals surface area contributed by atoms with Crippen molar-refractivity contribution in [3.63, 3.8) is 0 Å². The number of rotatable bonds is 4. The highest BCUT2D eigenvalue weighted by Crippen LogP contribution is 2.21. The van der Waals surface area contributed by atoms with Crippen LogP contribution < -0.4 is 11.1 Å². The second kappa shape index (κ2) is 5.20. The molecule has 0 aromatic carbocycles. The summed E-state index contributed by atoms with van der Waals surface area (Å²) in [5, 5.41) is 8.05. The summed E-state index contributed by atoms with van der Waals surface area (Å²) < 4.78 is 1.85. The van der Waals surface area contributed by atoms with Gasteiger partial charge in [-0.25, -0.2) is 9.67 Å². The van der Waals surface area contributed by atoms with E-state index in [0.29, 0.717) is 12.2 Å². The maximum atomic E-state index is 12.1. The average molecular weight is 275 g/mol. The Morgan fingerprint density at radius 2 is 2.15 bits per heavy atom. The van der Waals surface area contributed by atoms with E-state index in [9.17, 15) is 4.79 Å². The zero-order chi connectivity index (χ0) is 14.9. The lowest BCUT2D eigenvalue weighted by Crippen LogP contribution is -2.37. The van der Waals surface area contributed by atoms with Crippen LogP contribution in [0.25, 0.3) is 11.0 Å². The minimum atomic E-state index is -0.600. The number of nitrogens with zero attached hydrogens (tertiary/aromatic N) is 3. The molecule has 2 rings (SSSR count). The van der Waals surface area contributed by atoms with Crippen molar-refractivity contribution in [3.8, 4) is 0 Å². The van der Waals surface area contributed by atoms with Crippen LogP contribution in [0, 0.1) is 5.41 Å². The van der Waals surface area contributed by atoms with E-state index in [0.717, 1.165) is 11.0 Å². The highest BCUT2D eigenvalue weighted by molar-refractivity contribution is 5.96. The highest BCUT2D eigenvalue weighted by Gasteiger charge is 2.25. The largest absolute Gasteiger partial charge is 0.329 e. The fourth-order valence-corrected chi connectivity index (χ4v) is 1.78. The van der Waals surface area contributed by atoms with Gasteiger partial charge in [0.2, 0.25) is 5.91 Å². The Bertz CT molecular complexity index is 630. The lowest BCUT2D eigenvalue weighted by atomic mass is 9.92. The first kappa shape index (κ1) is 14.5. The van der Waals surface area contributed by atoms with E-state index in [1.807, 2.05) is 38.4 Å². The lowest BCUT2D eigenvalue weighted by molar-refractivity contribution is -0.123. The molecule has 0 spiro atoms. The average Bonchev–Trinajstić information content (AvgIpc) is 2.81. The van der Waals surface area contributed by atoms with E-state index in [1.165, 1.54) is 0 Å². The topological polar surface area (TPSA) is 85.8 Å². The molecule has 1 amide bonds. The van der Waals surface area contributed by atoms with Crippen LogP contribution in [-0.2, 0) is 4.79 Å². The van der Waals surface area contributed by atoms with Crippen molar-refractivity contribution in [3.05, 3.63) is 18.5 Å². The number of hydrogen-bond donors (Lipinski definition) is 2. The lowest BCUT2D eigenvalue weighted by Gasteiger charge is -2.21. The molecule has 2 aromatic rings. The predicted molar refractivity (Wildman–Crippen MR) is 79.4 cm³/mol. The van der Waals surface area contributed by atoms with Crippen molar-refractivity contribution >= 4 is 22.6 Å². The van der Waals surface area contributed by atoms with Crippen molar-refractivity contribution < 1.29 is 4.79 Å². The number of carbonyl (C=O) groups is 1. The molecule has 3 N–H and O–H groups in total. The third kappa shape index (κ3) is 2.65. The van der Waals surface area contributed by atoms with Gasteiger partial charge < -0.3 is 11.1 Å². The van der Waals surface area contributed by atoms with Gasteiger partial charge in [0.05, 0.1) is 23.5 Å². The van der Waals surface area contributed by atoms with E-state index >= 15 is 0 Å². The second-order valence-corrected chi connectivity index (χ2v) is 5.86. The molecule has 0 fully saturated rings. The summed E-state index contributed by atoms with van der Waals surface area (Å²) >= 11 is 0. The number of carbonyl (C=O) groups excluding carboxylic acids is 1. The molecule has 20 heavy (non-hydrogen) atoms. The summed E-state index contributed by atoms with van der Waals surface area (Å²) in [5.74, 6) is -0.114. The van der Waals surface area contributed by atoms with E-state index in [-0.39, 0.29) is 11.9 Å². The third-order valence-corrected chi connectivity index (χ3v) is 3.31. The minimum Gasteiger partial charge on any atom is -0.329 e. The number of nitrogens with two attached hydrogens (primary N) is 1. The van der Waals surface area contributed by atoms with Gasteiger partial charge in [-0.05, 0) is 33.8 Å². The van der Waals surface area contributed by atoms with Crippen LogP contribution in [0.1, 0.15) is 33.7 Å². The van der Waals surface area contributed by atoms with Crippen molar-refractivity contribution in [2.45, 2.75) is 33.7 Å². The van der Waals surface area contributed by atoms with E-state index in [4.69, 9.17) is 5.73 Å². The maximum absolute atomic E-state index is 12.1. The zero-order valence-electron chi connectivity index (χ0n) is 12.3. The molecule has 0 saturated heterocycles. The number of amides is 1. The normalized spacial score (nSPS) is 12.1. The number of pyridine rings is 1. The Labute approximate surface area is 118 Å². The highest BCUT2D eigenvalue weighted by atomic mass is 16.2. The molecular weight excluding hydrogens is 254 g/mol. The number of nitrogens with one attached hydrogen (secondary N) is 1. The fourth-order valence-electron chi connectivity index (χ4n) is 1.78. The molecule has 0 saturated carbocycles. The molecular formula is C14H21N5O. The molecule has 0 bridgehead atoms. The first-order valence-corrected chi connectivity index (χ1v) is 6.70. The summed E-state index contributed by atoms with van der Waals surface area (Å²) in [6.45, 7) is 8.01. The Morgan fingerprint density at radius 3 is 2.75 bits per heavy atom. The maximum Gasteiger partial charge on any atom is 0.231 e. The minimum absolute atomic E-state index is 0.114. The van der Waals surface area contributed by atoms with Crippen LogP contribution in [0.4, 0.5) is 5.69 Å². The molecule has 2 aromatic heterocycles. The molecule has 6 heteroatoms. The molecule has 0 aliphatic carbocycles. The summed E-state index contributed by atoms with van der Waals surface area (Å²) in [6.07, 6.45) is 3.40. The number of aromatic nitrogens is 3.